The summed E-state index contributed by atoms with van der Waals surface area (Å²) in [6.45, 7) is 5.11. The van der Waals surface area contributed by atoms with Gasteiger partial charge < -0.3 is 14.4 Å². The first-order chi connectivity index (χ1) is 8.49. The lowest BCUT2D eigenvalue weighted by Crippen LogP contribution is -2.27. The number of nitrogens with zero attached hydrogens (tertiary/aromatic N) is 1. The molecular weight excluding hydrogens is 234 g/mol. The predicted molar refractivity (Wildman–Crippen MR) is 69.2 cm³/mol. The summed E-state index contributed by atoms with van der Waals surface area (Å²) in [6.07, 6.45) is 1.49. The Bertz CT molecular complexity index is 253. The number of carbonyl (C=O) groups is 2. The van der Waals surface area contributed by atoms with Crippen LogP contribution >= 0.6 is 0 Å². The van der Waals surface area contributed by atoms with Crippen LogP contribution in [0.2, 0.25) is 0 Å². The van der Waals surface area contributed by atoms with Crippen molar-refractivity contribution in [2.75, 3.05) is 33.9 Å². The summed E-state index contributed by atoms with van der Waals surface area (Å²) in [4.78, 5) is 24.2. The van der Waals surface area contributed by atoms with Crippen LogP contribution in [0.5, 0.6) is 0 Å². The van der Waals surface area contributed by atoms with Crippen LogP contribution in [0.1, 0.15) is 33.1 Å². The van der Waals surface area contributed by atoms with E-state index in [9.17, 15) is 9.59 Å². The van der Waals surface area contributed by atoms with Gasteiger partial charge in [-0.25, -0.2) is 0 Å². The first-order valence-electron chi connectivity index (χ1n) is 6.45. The van der Waals surface area contributed by atoms with E-state index in [1.165, 1.54) is 0 Å². The summed E-state index contributed by atoms with van der Waals surface area (Å²) in [5, 5.41) is 0. The van der Waals surface area contributed by atoms with Gasteiger partial charge in [-0.3, -0.25) is 9.59 Å². The lowest BCUT2D eigenvalue weighted by molar-refractivity contribution is -0.147. The van der Waals surface area contributed by atoms with Crippen LogP contribution in [-0.4, -0.2) is 50.7 Å². The molecule has 106 valence electrons. The molecule has 0 aliphatic heterocycles. The van der Waals surface area contributed by atoms with Crippen molar-refractivity contribution in [3.8, 4) is 0 Å². The normalized spacial score (nSPS) is 12.3. The summed E-state index contributed by atoms with van der Waals surface area (Å²) in [7, 11) is 3.93. The van der Waals surface area contributed by atoms with Crippen molar-refractivity contribution in [1.29, 1.82) is 0 Å². The third kappa shape index (κ3) is 8.98. The highest BCUT2D eigenvalue weighted by Gasteiger charge is 2.13. The molecule has 0 aromatic heterocycles. The van der Waals surface area contributed by atoms with E-state index in [1.54, 1.807) is 13.8 Å². The topological polar surface area (TPSA) is 55.8 Å². The summed E-state index contributed by atoms with van der Waals surface area (Å²) in [5.41, 5.74) is 0. The zero-order chi connectivity index (χ0) is 14.0. The molecule has 18 heavy (non-hydrogen) atoms. The van der Waals surface area contributed by atoms with Crippen molar-refractivity contribution in [1.82, 2.24) is 4.90 Å². The van der Waals surface area contributed by atoms with Crippen LogP contribution in [0.4, 0.5) is 0 Å². The highest BCUT2D eigenvalue weighted by molar-refractivity contribution is 5.69. The number of ether oxygens (including phenoxy) is 2. The number of rotatable bonds is 9. The molecule has 0 saturated carbocycles. The second kappa shape index (κ2) is 9.88. The van der Waals surface area contributed by atoms with Crippen LogP contribution in [0.3, 0.4) is 0 Å². The van der Waals surface area contributed by atoms with Gasteiger partial charge in [0.1, 0.15) is 0 Å². The fraction of sp³-hybridized carbons (Fsp3) is 0.846. The Morgan fingerprint density at radius 2 is 1.61 bits per heavy atom. The number of esters is 2. The molecule has 0 aromatic rings. The minimum absolute atomic E-state index is 0.190. The monoisotopic (exact) mass is 259 g/mol. The number of carbonyl (C=O) groups excluding carboxylic acids is 2. The second-order valence-electron chi connectivity index (χ2n) is 4.53. The SMILES string of the molecule is CCC(=O)OCCC(COC(=O)CC)CN(C)C. The second-order valence-corrected chi connectivity index (χ2v) is 4.53. The number of hydrogen-bond acceptors (Lipinski definition) is 5. The van der Waals surface area contributed by atoms with Crippen molar-refractivity contribution < 1.29 is 19.1 Å². The van der Waals surface area contributed by atoms with Gasteiger partial charge in [-0.1, -0.05) is 13.8 Å². The van der Waals surface area contributed by atoms with E-state index in [-0.39, 0.29) is 17.9 Å². The zero-order valence-electron chi connectivity index (χ0n) is 11.9. The van der Waals surface area contributed by atoms with Crippen molar-refractivity contribution in [3.63, 3.8) is 0 Å². The van der Waals surface area contributed by atoms with Gasteiger partial charge in [-0.05, 0) is 20.5 Å². The minimum Gasteiger partial charge on any atom is -0.466 e. The van der Waals surface area contributed by atoms with Gasteiger partial charge in [-0.2, -0.15) is 0 Å². The smallest absolute Gasteiger partial charge is 0.305 e. The first kappa shape index (κ1) is 16.9. The Morgan fingerprint density at radius 1 is 1.06 bits per heavy atom. The molecule has 5 nitrogen and oxygen atoms in total. The molecule has 0 aromatic carbocycles. The summed E-state index contributed by atoms with van der Waals surface area (Å²) in [6, 6.07) is 0. The first-order valence-corrected chi connectivity index (χ1v) is 6.45. The molecule has 1 atom stereocenters. The van der Waals surface area contributed by atoms with E-state index >= 15 is 0 Å². The fourth-order valence-corrected chi connectivity index (χ4v) is 1.50. The van der Waals surface area contributed by atoms with Gasteiger partial charge in [0.15, 0.2) is 0 Å². The molecule has 0 radical (unpaired) electrons. The van der Waals surface area contributed by atoms with Crippen molar-refractivity contribution in [2.24, 2.45) is 5.92 Å². The highest BCUT2D eigenvalue weighted by Crippen LogP contribution is 2.07. The zero-order valence-corrected chi connectivity index (χ0v) is 11.9. The largest absolute Gasteiger partial charge is 0.466 e. The van der Waals surface area contributed by atoms with Crippen LogP contribution in [0.25, 0.3) is 0 Å². The molecular formula is C13H25NO4. The average Bonchev–Trinajstić information content (AvgIpc) is 2.34. The van der Waals surface area contributed by atoms with Crippen molar-refractivity contribution >= 4 is 11.9 Å². The summed E-state index contributed by atoms with van der Waals surface area (Å²) < 4.78 is 10.2. The van der Waals surface area contributed by atoms with E-state index in [4.69, 9.17) is 9.47 Å². The lowest BCUT2D eigenvalue weighted by atomic mass is 10.1. The maximum absolute atomic E-state index is 11.1. The summed E-state index contributed by atoms with van der Waals surface area (Å²) >= 11 is 0. The third-order valence-electron chi connectivity index (χ3n) is 2.47. The Kier molecular flexibility index (Phi) is 9.28. The van der Waals surface area contributed by atoms with Gasteiger partial charge in [0.2, 0.25) is 0 Å². The molecule has 1 unspecified atom stereocenters. The third-order valence-corrected chi connectivity index (χ3v) is 2.47. The Labute approximate surface area is 109 Å². The molecule has 0 saturated heterocycles. The van der Waals surface area contributed by atoms with E-state index in [1.807, 2.05) is 19.0 Å². The van der Waals surface area contributed by atoms with Crippen LogP contribution < -0.4 is 0 Å². The standard InChI is InChI=1S/C13H25NO4/c1-5-12(15)17-8-7-11(9-14(3)4)10-18-13(16)6-2/h11H,5-10H2,1-4H3. The molecule has 0 aliphatic carbocycles. The van der Waals surface area contributed by atoms with Crippen LogP contribution in [-0.2, 0) is 19.1 Å². The molecule has 0 heterocycles. The molecule has 0 spiro atoms. The molecule has 5 heteroatoms. The van der Waals surface area contributed by atoms with Gasteiger partial charge in [-0.15, -0.1) is 0 Å². The van der Waals surface area contributed by atoms with Crippen molar-refractivity contribution in [2.45, 2.75) is 33.1 Å². The van der Waals surface area contributed by atoms with Crippen LogP contribution in [0, 0.1) is 5.92 Å². The molecule has 0 N–H and O–H groups in total. The molecule has 0 fully saturated rings. The molecule has 0 bridgehead atoms. The Hall–Kier alpha value is -1.10. The molecule has 0 rings (SSSR count). The highest BCUT2D eigenvalue weighted by atomic mass is 16.5. The van der Waals surface area contributed by atoms with E-state index in [0.29, 0.717) is 32.5 Å². The number of hydrogen-bond donors (Lipinski definition) is 0. The van der Waals surface area contributed by atoms with E-state index in [2.05, 4.69) is 0 Å². The molecule has 0 aliphatic rings. The maximum atomic E-state index is 11.1. The predicted octanol–water partition coefficient (Wildman–Crippen LogP) is 1.46. The quantitative estimate of drug-likeness (QED) is 0.587. The van der Waals surface area contributed by atoms with E-state index in [0.717, 1.165) is 6.54 Å². The van der Waals surface area contributed by atoms with E-state index < -0.39 is 0 Å². The minimum atomic E-state index is -0.191. The van der Waals surface area contributed by atoms with Gasteiger partial charge >= 0.3 is 11.9 Å². The fourth-order valence-electron chi connectivity index (χ4n) is 1.50. The Balaban J connectivity index is 3.98. The van der Waals surface area contributed by atoms with Gasteiger partial charge in [0.25, 0.3) is 0 Å². The van der Waals surface area contributed by atoms with Crippen LogP contribution in [0.15, 0.2) is 0 Å². The van der Waals surface area contributed by atoms with Gasteiger partial charge in [0.05, 0.1) is 13.2 Å². The summed E-state index contributed by atoms with van der Waals surface area (Å²) in [5.74, 6) is -0.186. The lowest BCUT2D eigenvalue weighted by Gasteiger charge is -2.20. The maximum Gasteiger partial charge on any atom is 0.305 e. The van der Waals surface area contributed by atoms with Crippen molar-refractivity contribution in [3.05, 3.63) is 0 Å². The average molecular weight is 259 g/mol. The van der Waals surface area contributed by atoms with Gasteiger partial charge in [0, 0.05) is 25.3 Å². The Morgan fingerprint density at radius 3 is 2.11 bits per heavy atom. The molecule has 0 amide bonds.